The Morgan fingerprint density at radius 1 is 0.750 bits per heavy atom. The first-order valence-electron chi connectivity index (χ1n) is 11.2. The molecule has 0 spiro atoms. The monoisotopic (exact) mass is 447 g/mol. The predicted molar refractivity (Wildman–Crippen MR) is 129 cm³/mol. The summed E-state index contributed by atoms with van der Waals surface area (Å²) in [5.41, 5.74) is 4.05. The van der Waals surface area contributed by atoms with Gasteiger partial charge in [-0.3, -0.25) is 4.67 Å². The van der Waals surface area contributed by atoms with Gasteiger partial charge in [-0.05, 0) is 69.5 Å². The molecule has 0 fully saturated rings. The van der Waals surface area contributed by atoms with E-state index in [9.17, 15) is 0 Å². The topological polar surface area (TPSA) is 48.0 Å². The van der Waals surface area contributed by atoms with Crippen LogP contribution in [0.1, 0.15) is 32.8 Å². The second-order valence-electron chi connectivity index (χ2n) is 8.69. The Hall–Kier alpha value is -3.04. The number of para-hydroxylation sites is 1. The molecule has 3 aromatic carbocycles. The van der Waals surface area contributed by atoms with Crippen LogP contribution in [0.3, 0.4) is 0 Å². The highest BCUT2D eigenvalue weighted by molar-refractivity contribution is 7.39. The Labute approximate surface area is 188 Å². The molecule has 6 heteroatoms. The van der Waals surface area contributed by atoms with Gasteiger partial charge in [-0.15, -0.1) is 0 Å². The van der Waals surface area contributed by atoms with Crippen LogP contribution >= 0.6 is 8.16 Å². The van der Waals surface area contributed by atoms with Crippen molar-refractivity contribution >= 4 is 35.8 Å². The Kier molecular flexibility index (Phi) is 4.62. The van der Waals surface area contributed by atoms with Gasteiger partial charge in [0.15, 0.2) is 0 Å². The number of aryl methyl sites for hydroxylation is 1. The predicted octanol–water partition coefficient (Wildman–Crippen LogP) is 7.44. The van der Waals surface area contributed by atoms with Crippen LogP contribution in [0.25, 0.3) is 21.9 Å². The number of fused-ring (bicyclic) bond motifs is 1. The van der Waals surface area contributed by atoms with E-state index in [4.69, 9.17) is 17.9 Å². The summed E-state index contributed by atoms with van der Waals surface area (Å²) in [5, 5.41) is 1.81. The number of ether oxygens (including phenoxy) is 2. The molecule has 2 aliphatic rings. The molecule has 3 heterocycles. The quantitative estimate of drug-likeness (QED) is 0.303. The number of nitrogens with zero attached hydrogens (tertiary/aromatic N) is 1. The summed E-state index contributed by atoms with van der Waals surface area (Å²) in [7, 11) is -1.43. The fourth-order valence-corrected chi connectivity index (χ4v) is 6.31. The van der Waals surface area contributed by atoms with E-state index in [1.54, 1.807) is 0 Å². The van der Waals surface area contributed by atoms with Crippen LogP contribution in [-0.2, 0) is 6.42 Å². The van der Waals surface area contributed by atoms with Crippen molar-refractivity contribution in [2.24, 2.45) is 0 Å². The molecule has 0 unspecified atom stereocenters. The van der Waals surface area contributed by atoms with Crippen molar-refractivity contribution in [2.75, 3.05) is 4.67 Å². The number of benzene rings is 3. The highest BCUT2D eigenvalue weighted by Gasteiger charge is 2.29. The van der Waals surface area contributed by atoms with Crippen LogP contribution < -0.4 is 14.1 Å². The van der Waals surface area contributed by atoms with Gasteiger partial charge in [0, 0.05) is 6.04 Å². The maximum absolute atomic E-state index is 6.67. The molecule has 0 bridgehead atoms. The zero-order valence-corrected chi connectivity index (χ0v) is 19.3. The lowest BCUT2D eigenvalue weighted by Crippen LogP contribution is -2.32. The zero-order valence-electron chi connectivity index (χ0n) is 18.4. The van der Waals surface area contributed by atoms with Gasteiger partial charge >= 0.3 is 8.16 Å². The first kappa shape index (κ1) is 19.6. The van der Waals surface area contributed by atoms with E-state index in [2.05, 4.69) is 35.9 Å². The highest BCUT2D eigenvalue weighted by Crippen LogP contribution is 2.48. The number of hydrogen-bond acceptors (Lipinski definition) is 5. The molecular formula is C26H26NO4P. The Balaban J connectivity index is 1.71. The number of anilines is 1. The van der Waals surface area contributed by atoms with Gasteiger partial charge in [0.2, 0.25) is 0 Å². The van der Waals surface area contributed by atoms with Crippen LogP contribution in [0.5, 0.6) is 11.5 Å². The minimum atomic E-state index is -1.43. The smallest absolute Gasteiger partial charge is 0.341 e. The molecule has 0 amide bonds. The first-order valence-corrected chi connectivity index (χ1v) is 12.4. The fourth-order valence-electron chi connectivity index (χ4n) is 4.65. The summed E-state index contributed by atoms with van der Waals surface area (Å²) in [4.78, 5) is 0. The van der Waals surface area contributed by atoms with E-state index in [0.29, 0.717) is 6.04 Å². The third-order valence-electron chi connectivity index (χ3n) is 6.53. The van der Waals surface area contributed by atoms with Crippen molar-refractivity contribution in [3.8, 4) is 11.5 Å². The van der Waals surface area contributed by atoms with E-state index in [1.807, 2.05) is 50.2 Å². The molecule has 4 aromatic rings. The summed E-state index contributed by atoms with van der Waals surface area (Å²) < 4.78 is 28.3. The maximum atomic E-state index is 6.67. The second kappa shape index (κ2) is 7.53. The van der Waals surface area contributed by atoms with Gasteiger partial charge < -0.3 is 17.9 Å². The first-order chi connectivity index (χ1) is 15.6. The second-order valence-corrected chi connectivity index (χ2v) is 9.96. The normalized spacial score (nSPS) is 22.1. The maximum Gasteiger partial charge on any atom is 0.341 e. The molecule has 1 aromatic heterocycles. The standard InChI is InChI=1S/C26H26NO4P/c1-16-14-15-19-8-4-5-9-20(19)27(16)32-30-23-12-6-10-21-25(23)26-22(11-7-13-24(26)31-32)29-18(3)17(2)28-21/h4-13,16-18H,14-15H2,1-3H3/t16-,17-,18-/m0/s1. The fraction of sp³-hybridized carbons (Fsp3) is 0.308. The van der Waals surface area contributed by atoms with Crippen molar-refractivity contribution in [3.05, 3.63) is 66.2 Å². The molecule has 164 valence electrons. The Morgan fingerprint density at radius 3 is 1.97 bits per heavy atom. The van der Waals surface area contributed by atoms with E-state index in [0.717, 1.165) is 46.3 Å². The van der Waals surface area contributed by atoms with Crippen molar-refractivity contribution in [3.63, 3.8) is 0 Å². The number of rotatable bonds is 1. The van der Waals surface area contributed by atoms with Gasteiger partial charge in [0.1, 0.15) is 34.9 Å². The highest BCUT2D eigenvalue weighted by atomic mass is 31.1. The summed E-state index contributed by atoms with van der Waals surface area (Å²) >= 11 is 0. The Morgan fingerprint density at radius 2 is 1.34 bits per heavy atom. The lowest BCUT2D eigenvalue weighted by atomic mass is 9.99. The summed E-state index contributed by atoms with van der Waals surface area (Å²) in [6.45, 7) is 6.31. The lowest BCUT2D eigenvalue weighted by Gasteiger charge is -2.33. The van der Waals surface area contributed by atoms with Gasteiger partial charge in [0.05, 0.1) is 16.5 Å². The van der Waals surface area contributed by atoms with Crippen molar-refractivity contribution < 1.29 is 17.9 Å². The van der Waals surface area contributed by atoms with Gasteiger partial charge in [-0.2, -0.15) is 0 Å². The van der Waals surface area contributed by atoms with E-state index in [-0.39, 0.29) is 12.2 Å². The van der Waals surface area contributed by atoms with Gasteiger partial charge in [-0.25, -0.2) is 0 Å². The molecule has 5 nitrogen and oxygen atoms in total. The molecule has 0 radical (unpaired) electrons. The summed E-state index contributed by atoms with van der Waals surface area (Å²) in [6, 6.07) is 20.9. The largest absolute Gasteiger partial charge is 0.486 e. The SMILES string of the molecule is C[C@@H]1Oc2cccc3op(N4c5ccccc5CC[C@@H]4C)oc4cccc(c4c23)O[C@H]1C. The summed E-state index contributed by atoms with van der Waals surface area (Å²) in [5.74, 6) is 1.60. The molecular weight excluding hydrogens is 421 g/mol. The number of hydrogen-bond donors (Lipinski definition) is 0. The van der Waals surface area contributed by atoms with E-state index >= 15 is 0 Å². The van der Waals surface area contributed by atoms with Crippen LogP contribution in [-0.4, -0.2) is 18.2 Å². The van der Waals surface area contributed by atoms with Crippen molar-refractivity contribution in [1.29, 1.82) is 0 Å². The summed E-state index contributed by atoms with van der Waals surface area (Å²) in [6.07, 6.45) is 1.93. The third kappa shape index (κ3) is 3.07. The average Bonchev–Trinajstić information content (AvgIpc) is 2.96. The van der Waals surface area contributed by atoms with Crippen LogP contribution in [0.15, 0.2) is 69.1 Å². The van der Waals surface area contributed by atoms with Gasteiger partial charge in [0.25, 0.3) is 0 Å². The molecule has 0 aliphatic carbocycles. The molecule has 3 atom stereocenters. The lowest BCUT2D eigenvalue weighted by molar-refractivity contribution is 0.0786. The zero-order chi connectivity index (χ0) is 21.8. The van der Waals surface area contributed by atoms with Crippen molar-refractivity contribution in [2.45, 2.75) is 51.9 Å². The molecule has 0 saturated carbocycles. The van der Waals surface area contributed by atoms with E-state index < -0.39 is 8.16 Å². The molecule has 6 rings (SSSR count). The van der Waals surface area contributed by atoms with Gasteiger partial charge in [-0.1, -0.05) is 30.3 Å². The van der Waals surface area contributed by atoms with Crippen LogP contribution in [0, 0.1) is 0 Å². The minimum absolute atomic E-state index is 0.0991. The van der Waals surface area contributed by atoms with Crippen LogP contribution in [0.4, 0.5) is 5.69 Å². The Bertz CT molecular complexity index is 1290. The van der Waals surface area contributed by atoms with Crippen LogP contribution in [0.2, 0.25) is 0 Å². The molecule has 0 saturated heterocycles. The van der Waals surface area contributed by atoms with E-state index in [1.165, 1.54) is 11.3 Å². The third-order valence-corrected chi connectivity index (χ3v) is 8.20. The average molecular weight is 447 g/mol. The molecule has 2 aliphatic heterocycles. The molecule has 32 heavy (non-hydrogen) atoms. The minimum Gasteiger partial charge on any atom is -0.486 e. The molecule has 0 N–H and O–H groups in total. The van der Waals surface area contributed by atoms with Crippen molar-refractivity contribution in [1.82, 2.24) is 0 Å².